The van der Waals surface area contributed by atoms with E-state index in [2.05, 4.69) is 0 Å². The SMILES string of the molecule is CC(=O)c1c(F)cc([N+](=O)[O-])cc1C#N. The third kappa shape index (κ3) is 1.96. The van der Waals surface area contributed by atoms with E-state index in [1.54, 1.807) is 6.07 Å². The van der Waals surface area contributed by atoms with Crippen LogP contribution in [0, 0.1) is 27.3 Å². The lowest BCUT2D eigenvalue weighted by atomic mass is 10.0. The number of hydrogen-bond acceptors (Lipinski definition) is 4. The second-order valence-corrected chi connectivity index (χ2v) is 2.78. The lowest BCUT2D eigenvalue weighted by Gasteiger charge is -2.00. The molecule has 0 heterocycles. The lowest BCUT2D eigenvalue weighted by molar-refractivity contribution is -0.385. The van der Waals surface area contributed by atoms with Crippen molar-refractivity contribution in [2.45, 2.75) is 6.92 Å². The van der Waals surface area contributed by atoms with E-state index in [1.165, 1.54) is 0 Å². The van der Waals surface area contributed by atoms with E-state index in [1.807, 2.05) is 0 Å². The first-order valence-electron chi connectivity index (χ1n) is 3.86. The first-order chi connectivity index (χ1) is 6.97. The van der Waals surface area contributed by atoms with Crippen LogP contribution in [-0.4, -0.2) is 10.7 Å². The number of nitriles is 1. The van der Waals surface area contributed by atoms with Gasteiger partial charge in [0.15, 0.2) is 5.78 Å². The predicted molar refractivity (Wildman–Crippen MR) is 47.8 cm³/mol. The fraction of sp³-hybridized carbons (Fsp3) is 0.111. The van der Waals surface area contributed by atoms with Gasteiger partial charge in [0.2, 0.25) is 0 Å². The number of rotatable bonds is 2. The van der Waals surface area contributed by atoms with E-state index >= 15 is 0 Å². The Morgan fingerprint density at radius 1 is 1.60 bits per heavy atom. The summed E-state index contributed by atoms with van der Waals surface area (Å²) in [7, 11) is 0. The summed E-state index contributed by atoms with van der Waals surface area (Å²) < 4.78 is 13.2. The third-order valence-electron chi connectivity index (χ3n) is 1.76. The number of benzene rings is 1. The summed E-state index contributed by atoms with van der Waals surface area (Å²) in [5.74, 6) is -1.69. The second-order valence-electron chi connectivity index (χ2n) is 2.78. The zero-order valence-corrected chi connectivity index (χ0v) is 7.65. The summed E-state index contributed by atoms with van der Waals surface area (Å²) >= 11 is 0. The Hall–Kier alpha value is -2.29. The monoisotopic (exact) mass is 208 g/mol. The van der Waals surface area contributed by atoms with Crippen molar-refractivity contribution in [3.8, 4) is 6.07 Å². The maximum Gasteiger partial charge on any atom is 0.273 e. The molecule has 0 fully saturated rings. The van der Waals surface area contributed by atoms with Crippen LogP contribution in [0.1, 0.15) is 22.8 Å². The summed E-state index contributed by atoms with van der Waals surface area (Å²) in [6, 6.07) is 3.05. The number of non-ortho nitro benzene ring substituents is 1. The van der Waals surface area contributed by atoms with E-state index < -0.39 is 27.8 Å². The minimum atomic E-state index is -1.05. The lowest BCUT2D eigenvalue weighted by Crippen LogP contribution is -2.03. The Morgan fingerprint density at radius 3 is 2.60 bits per heavy atom. The van der Waals surface area contributed by atoms with Crippen LogP contribution in [0.4, 0.5) is 10.1 Å². The van der Waals surface area contributed by atoms with Crippen molar-refractivity contribution < 1.29 is 14.1 Å². The van der Waals surface area contributed by atoms with Gasteiger partial charge in [0.05, 0.1) is 22.1 Å². The Morgan fingerprint density at radius 2 is 2.20 bits per heavy atom. The van der Waals surface area contributed by atoms with Gasteiger partial charge < -0.3 is 0 Å². The first kappa shape index (κ1) is 10.8. The normalized spacial score (nSPS) is 9.40. The Labute approximate surface area is 83.9 Å². The van der Waals surface area contributed by atoms with Gasteiger partial charge in [-0.3, -0.25) is 14.9 Å². The van der Waals surface area contributed by atoms with E-state index in [9.17, 15) is 19.3 Å². The quantitative estimate of drug-likeness (QED) is 0.421. The Kier molecular flexibility index (Phi) is 2.76. The molecule has 76 valence electrons. The molecule has 0 aliphatic heterocycles. The minimum absolute atomic E-state index is 0.325. The van der Waals surface area contributed by atoms with Gasteiger partial charge in [0.25, 0.3) is 5.69 Å². The van der Waals surface area contributed by atoms with E-state index in [0.29, 0.717) is 6.07 Å². The molecule has 1 aromatic carbocycles. The average molecular weight is 208 g/mol. The van der Waals surface area contributed by atoms with Gasteiger partial charge in [-0.15, -0.1) is 0 Å². The number of nitro benzene ring substituents is 1. The number of Topliss-reactive ketones (excluding diaryl/α,β-unsaturated/α-hetero) is 1. The van der Waals surface area contributed by atoms with Crippen molar-refractivity contribution in [2.75, 3.05) is 0 Å². The summed E-state index contributed by atoms with van der Waals surface area (Å²) in [5.41, 5.74) is -1.29. The van der Waals surface area contributed by atoms with Crippen molar-refractivity contribution in [3.63, 3.8) is 0 Å². The summed E-state index contributed by atoms with van der Waals surface area (Å²) in [4.78, 5) is 20.5. The van der Waals surface area contributed by atoms with Gasteiger partial charge in [-0.05, 0) is 6.92 Å². The molecular weight excluding hydrogens is 203 g/mol. The molecule has 1 rings (SSSR count). The number of halogens is 1. The molecule has 0 unspecified atom stereocenters. The highest BCUT2D eigenvalue weighted by atomic mass is 19.1. The highest BCUT2D eigenvalue weighted by Gasteiger charge is 2.19. The molecule has 6 heteroatoms. The van der Waals surface area contributed by atoms with Crippen molar-refractivity contribution in [3.05, 3.63) is 39.2 Å². The standard InChI is InChI=1S/C9H5FN2O3/c1-5(13)9-6(4-11)2-7(12(14)15)3-8(9)10/h2-3H,1H3. The van der Waals surface area contributed by atoms with E-state index in [4.69, 9.17) is 5.26 Å². The summed E-state index contributed by atoms with van der Waals surface area (Å²) in [6.45, 7) is 1.09. The van der Waals surface area contributed by atoms with Crippen LogP contribution in [0.5, 0.6) is 0 Å². The zero-order chi connectivity index (χ0) is 11.6. The van der Waals surface area contributed by atoms with Gasteiger partial charge >= 0.3 is 0 Å². The smallest absolute Gasteiger partial charge is 0.273 e. The van der Waals surface area contributed by atoms with Crippen molar-refractivity contribution in [1.29, 1.82) is 5.26 Å². The maximum absolute atomic E-state index is 13.2. The average Bonchev–Trinajstić information content (AvgIpc) is 2.15. The number of nitrogens with zero attached hydrogens (tertiary/aromatic N) is 2. The highest BCUT2D eigenvalue weighted by Crippen LogP contribution is 2.21. The van der Waals surface area contributed by atoms with Crippen LogP contribution in [-0.2, 0) is 0 Å². The number of nitro groups is 1. The van der Waals surface area contributed by atoms with E-state index in [0.717, 1.165) is 13.0 Å². The number of carbonyl (C=O) groups excluding carboxylic acids is 1. The van der Waals surface area contributed by atoms with Crippen molar-refractivity contribution >= 4 is 11.5 Å². The first-order valence-corrected chi connectivity index (χ1v) is 3.86. The molecule has 0 aromatic heterocycles. The molecule has 0 saturated heterocycles. The Balaban J connectivity index is 3.53. The zero-order valence-electron chi connectivity index (χ0n) is 7.65. The molecule has 0 radical (unpaired) electrons. The van der Waals surface area contributed by atoms with Crippen LogP contribution in [0.2, 0.25) is 0 Å². The number of hydrogen-bond donors (Lipinski definition) is 0. The van der Waals surface area contributed by atoms with Crippen LogP contribution in [0.3, 0.4) is 0 Å². The molecule has 5 nitrogen and oxygen atoms in total. The number of carbonyl (C=O) groups is 1. The molecule has 0 atom stereocenters. The van der Waals surface area contributed by atoms with Crippen molar-refractivity contribution in [2.24, 2.45) is 0 Å². The fourth-order valence-electron chi connectivity index (χ4n) is 1.14. The summed E-state index contributed by atoms with van der Waals surface area (Å²) in [6.07, 6.45) is 0. The molecule has 0 saturated carbocycles. The van der Waals surface area contributed by atoms with Gasteiger partial charge in [0.1, 0.15) is 11.9 Å². The van der Waals surface area contributed by atoms with Gasteiger partial charge in [-0.25, -0.2) is 4.39 Å². The third-order valence-corrected chi connectivity index (χ3v) is 1.76. The van der Waals surface area contributed by atoms with Crippen LogP contribution >= 0.6 is 0 Å². The molecular formula is C9H5FN2O3. The maximum atomic E-state index is 13.2. The van der Waals surface area contributed by atoms with Crippen LogP contribution < -0.4 is 0 Å². The second kappa shape index (κ2) is 3.84. The molecule has 0 amide bonds. The topological polar surface area (TPSA) is 84.0 Å². The molecule has 15 heavy (non-hydrogen) atoms. The van der Waals surface area contributed by atoms with Gasteiger partial charge in [0, 0.05) is 6.07 Å². The molecule has 0 aliphatic carbocycles. The molecule has 0 aliphatic rings. The number of ketones is 1. The van der Waals surface area contributed by atoms with E-state index in [-0.39, 0.29) is 5.56 Å². The molecule has 0 N–H and O–H groups in total. The fourth-order valence-corrected chi connectivity index (χ4v) is 1.14. The molecule has 1 aromatic rings. The van der Waals surface area contributed by atoms with Crippen LogP contribution in [0.25, 0.3) is 0 Å². The van der Waals surface area contributed by atoms with Crippen molar-refractivity contribution in [1.82, 2.24) is 0 Å². The summed E-state index contributed by atoms with van der Waals surface area (Å²) in [5, 5.41) is 19.0. The van der Waals surface area contributed by atoms with Crippen LogP contribution in [0.15, 0.2) is 12.1 Å². The molecule has 0 spiro atoms. The largest absolute Gasteiger partial charge is 0.294 e. The van der Waals surface area contributed by atoms with Gasteiger partial charge in [-0.2, -0.15) is 5.26 Å². The minimum Gasteiger partial charge on any atom is -0.294 e. The molecule has 0 bridgehead atoms. The Bertz CT molecular complexity index is 491. The van der Waals surface area contributed by atoms with Gasteiger partial charge in [-0.1, -0.05) is 0 Å². The predicted octanol–water partition coefficient (Wildman–Crippen LogP) is 1.81. The highest BCUT2D eigenvalue weighted by molar-refractivity contribution is 5.97.